The van der Waals surface area contributed by atoms with Crippen LogP contribution in [0.3, 0.4) is 0 Å². The normalized spacial score (nSPS) is 11.0. The predicted octanol–water partition coefficient (Wildman–Crippen LogP) is 4.50. The van der Waals surface area contributed by atoms with Crippen molar-refractivity contribution in [3.05, 3.63) is 59.5 Å². The summed E-state index contributed by atoms with van der Waals surface area (Å²) in [6, 6.07) is 12.6. The van der Waals surface area contributed by atoms with Gasteiger partial charge >= 0.3 is 6.61 Å². The molecule has 4 nitrogen and oxygen atoms in total. The summed E-state index contributed by atoms with van der Waals surface area (Å²) < 4.78 is 28.4. The number of nitrogens with one attached hydrogen (secondary N) is 1. The van der Waals surface area contributed by atoms with Gasteiger partial charge in [-0.3, -0.25) is 4.98 Å². The van der Waals surface area contributed by atoms with Crippen LogP contribution in [0.2, 0.25) is 5.15 Å². The van der Waals surface area contributed by atoms with Crippen LogP contribution in [0.5, 0.6) is 5.75 Å². The van der Waals surface area contributed by atoms with Gasteiger partial charge in [-0.1, -0.05) is 35.9 Å². The van der Waals surface area contributed by atoms with Gasteiger partial charge in [0.25, 0.3) is 0 Å². The third-order valence-electron chi connectivity index (χ3n) is 3.17. The summed E-state index contributed by atoms with van der Waals surface area (Å²) in [7, 11) is 0. The SMILES string of the molecule is FC(F)Oc1ccc(CNc2cc3ccccc3c(Cl)n2)nc1. The quantitative estimate of drug-likeness (QED) is 0.697. The smallest absolute Gasteiger partial charge is 0.387 e. The lowest BCUT2D eigenvalue weighted by Gasteiger charge is -2.08. The molecule has 0 aliphatic carbocycles. The minimum absolute atomic E-state index is 0.0237. The first-order valence-electron chi connectivity index (χ1n) is 6.81. The molecule has 0 radical (unpaired) electrons. The van der Waals surface area contributed by atoms with E-state index in [4.69, 9.17) is 11.6 Å². The lowest BCUT2D eigenvalue weighted by Crippen LogP contribution is -2.05. The molecule has 0 unspecified atom stereocenters. The molecule has 1 aromatic carbocycles. The number of aromatic nitrogens is 2. The molecule has 0 bridgehead atoms. The topological polar surface area (TPSA) is 47.0 Å². The van der Waals surface area contributed by atoms with Crippen molar-refractivity contribution in [2.45, 2.75) is 13.2 Å². The first-order valence-corrected chi connectivity index (χ1v) is 7.18. The van der Waals surface area contributed by atoms with E-state index in [1.807, 2.05) is 30.3 Å². The Morgan fingerprint density at radius 1 is 1.17 bits per heavy atom. The molecule has 0 spiro atoms. The number of nitrogens with zero attached hydrogens (tertiary/aromatic N) is 2. The fraction of sp³-hybridized carbons (Fsp3) is 0.125. The molecule has 0 aliphatic heterocycles. The van der Waals surface area contributed by atoms with Crippen molar-refractivity contribution in [3.63, 3.8) is 0 Å². The summed E-state index contributed by atoms with van der Waals surface area (Å²) in [4.78, 5) is 8.33. The van der Waals surface area contributed by atoms with Crippen LogP contribution in [0, 0.1) is 0 Å². The molecule has 2 aromatic heterocycles. The summed E-state index contributed by atoms with van der Waals surface area (Å²) >= 11 is 6.16. The van der Waals surface area contributed by atoms with Crippen LogP contribution in [0.4, 0.5) is 14.6 Å². The molecule has 0 aliphatic rings. The number of rotatable bonds is 5. The van der Waals surface area contributed by atoms with Crippen molar-refractivity contribution in [1.29, 1.82) is 0 Å². The second-order valence-corrected chi connectivity index (χ2v) is 5.09. The Bertz CT molecular complexity index is 812. The van der Waals surface area contributed by atoms with Gasteiger partial charge in [-0.25, -0.2) is 4.98 Å². The Morgan fingerprint density at radius 2 is 2.00 bits per heavy atom. The Balaban J connectivity index is 1.70. The highest BCUT2D eigenvalue weighted by atomic mass is 35.5. The van der Waals surface area contributed by atoms with Crippen molar-refractivity contribution in [2.75, 3.05) is 5.32 Å². The molecule has 0 saturated carbocycles. The molecular formula is C16H12ClF2N3O. The zero-order valence-corrected chi connectivity index (χ0v) is 12.6. The Labute approximate surface area is 136 Å². The summed E-state index contributed by atoms with van der Waals surface area (Å²) in [6.07, 6.45) is 1.25. The van der Waals surface area contributed by atoms with Crippen LogP contribution in [-0.2, 0) is 6.54 Å². The van der Waals surface area contributed by atoms with Crippen LogP contribution >= 0.6 is 11.6 Å². The predicted molar refractivity (Wildman–Crippen MR) is 84.9 cm³/mol. The van der Waals surface area contributed by atoms with Gasteiger partial charge in [0.15, 0.2) is 0 Å². The number of alkyl halides is 2. The first-order chi connectivity index (χ1) is 11.1. The van der Waals surface area contributed by atoms with Gasteiger partial charge in [-0.15, -0.1) is 0 Å². The molecule has 3 aromatic rings. The molecule has 118 valence electrons. The van der Waals surface area contributed by atoms with Crippen LogP contribution in [-0.4, -0.2) is 16.6 Å². The van der Waals surface area contributed by atoms with E-state index in [2.05, 4.69) is 20.0 Å². The number of anilines is 1. The van der Waals surface area contributed by atoms with E-state index in [0.29, 0.717) is 23.2 Å². The zero-order valence-electron chi connectivity index (χ0n) is 11.8. The Kier molecular flexibility index (Phi) is 4.52. The molecule has 3 rings (SSSR count). The van der Waals surface area contributed by atoms with E-state index in [1.54, 1.807) is 6.07 Å². The van der Waals surface area contributed by atoms with Gasteiger partial charge in [0.05, 0.1) is 18.4 Å². The van der Waals surface area contributed by atoms with Gasteiger partial charge in [-0.05, 0) is 23.6 Å². The highest BCUT2D eigenvalue weighted by molar-refractivity contribution is 6.34. The molecule has 7 heteroatoms. The summed E-state index contributed by atoms with van der Waals surface area (Å²) in [5.41, 5.74) is 0.665. The van der Waals surface area contributed by atoms with E-state index >= 15 is 0 Å². The maximum atomic E-state index is 12.1. The second-order valence-electron chi connectivity index (χ2n) is 4.74. The molecule has 0 fully saturated rings. The van der Waals surface area contributed by atoms with Gasteiger partial charge < -0.3 is 10.1 Å². The Hall–Kier alpha value is -2.47. The number of hydrogen-bond acceptors (Lipinski definition) is 4. The molecule has 0 atom stereocenters. The molecule has 0 saturated heterocycles. The van der Waals surface area contributed by atoms with Gasteiger partial charge in [0.1, 0.15) is 16.7 Å². The molecule has 0 amide bonds. The number of halogens is 3. The van der Waals surface area contributed by atoms with Crippen molar-refractivity contribution >= 4 is 28.2 Å². The zero-order chi connectivity index (χ0) is 16.2. The fourth-order valence-electron chi connectivity index (χ4n) is 2.12. The van der Waals surface area contributed by atoms with E-state index < -0.39 is 6.61 Å². The van der Waals surface area contributed by atoms with Crippen molar-refractivity contribution < 1.29 is 13.5 Å². The van der Waals surface area contributed by atoms with Crippen LogP contribution in [0.1, 0.15) is 5.69 Å². The Morgan fingerprint density at radius 3 is 2.74 bits per heavy atom. The highest BCUT2D eigenvalue weighted by Gasteiger charge is 2.06. The number of benzene rings is 1. The number of ether oxygens (including phenoxy) is 1. The van der Waals surface area contributed by atoms with E-state index in [1.165, 1.54) is 12.3 Å². The maximum absolute atomic E-state index is 12.1. The second kappa shape index (κ2) is 6.75. The average Bonchev–Trinajstić information content (AvgIpc) is 2.54. The van der Waals surface area contributed by atoms with Crippen LogP contribution < -0.4 is 10.1 Å². The van der Waals surface area contributed by atoms with Gasteiger partial charge in [-0.2, -0.15) is 8.78 Å². The highest BCUT2D eigenvalue weighted by Crippen LogP contribution is 2.24. The summed E-state index contributed by atoms with van der Waals surface area (Å²) in [6.45, 7) is -2.47. The standard InChI is InChI=1S/C16H12ClF2N3O/c17-15-13-4-2-1-3-10(13)7-14(22-15)21-8-11-5-6-12(9-20-11)23-16(18)19/h1-7,9,16H,8H2,(H,21,22). The third kappa shape index (κ3) is 3.84. The van der Waals surface area contributed by atoms with Crippen molar-refractivity contribution in [3.8, 4) is 5.75 Å². The van der Waals surface area contributed by atoms with Crippen molar-refractivity contribution in [1.82, 2.24) is 9.97 Å². The maximum Gasteiger partial charge on any atom is 0.387 e. The van der Waals surface area contributed by atoms with E-state index in [0.717, 1.165) is 10.8 Å². The summed E-state index contributed by atoms with van der Waals surface area (Å²) in [5, 5.41) is 5.38. The average molecular weight is 336 g/mol. The number of fused-ring (bicyclic) bond motifs is 1. The van der Waals surface area contributed by atoms with Gasteiger partial charge in [0.2, 0.25) is 0 Å². The molecule has 1 N–H and O–H groups in total. The minimum atomic E-state index is -2.86. The van der Waals surface area contributed by atoms with Crippen molar-refractivity contribution in [2.24, 2.45) is 0 Å². The van der Waals surface area contributed by atoms with Crippen LogP contribution in [0.15, 0.2) is 48.7 Å². The fourth-order valence-corrected chi connectivity index (χ4v) is 2.38. The van der Waals surface area contributed by atoms with E-state index in [9.17, 15) is 8.78 Å². The largest absolute Gasteiger partial charge is 0.433 e. The monoisotopic (exact) mass is 335 g/mol. The molecule has 23 heavy (non-hydrogen) atoms. The third-order valence-corrected chi connectivity index (χ3v) is 3.46. The minimum Gasteiger partial charge on any atom is -0.433 e. The number of pyridine rings is 2. The van der Waals surface area contributed by atoms with Gasteiger partial charge in [0, 0.05) is 5.39 Å². The lowest BCUT2D eigenvalue weighted by atomic mass is 10.2. The van der Waals surface area contributed by atoms with E-state index in [-0.39, 0.29) is 5.75 Å². The lowest BCUT2D eigenvalue weighted by molar-refractivity contribution is -0.0500. The molecule has 2 heterocycles. The number of hydrogen-bond donors (Lipinski definition) is 1. The first kappa shape index (κ1) is 15.4. The molecular weight excluding hydrogens is 324 g/mol. The summed E-state index contributed by atoms with van der Waals surface area (Å²) in [5.74, 6) is 0.638. The van der Waals surface area contributed by atoms with Crippen LogP contribution in [0.25, 0.3) is 10.8 Å².